The van der Waals surface area contributed by atoms with E-state index in [-0.39, 0.29) is 17.8 Å². The first kappa shape index (κ1) is 19.2. The van der Waals surface area contributed by atoms with E-state index in [1.807, 2.05) is 67.6 Å². The number of aromatic nitrogens is 3. The van der Waals surface area contributed by atoms with E-state index < -0.39 is 0 Å². The summed E-state index contributed by atoms with van der Waals surface area (Å²) >= 11 is 0. The smallest absolute Gasteiger partial charge is 0.291 e. The van der Waals surface area contributed by atoms with Crippen LogP contribution in [0, 0.1) is 6.92 Å². The molecule has 0 saturated heterocycles. The van der Waals surface area contributed by atoms with E-state index in [0.29, 0.717) is 5.82 Å². The van der Waals surface area contributed by atoms with Crippen LogP contribution in [0.2, 0.25) is 0 Å². The van der Waals surface area contributed by atoms with Gasteiger partial charge in [0.2, 0.25) is 5.82 Å². The molecule has 0 bridgehead atoms. The zero-order valence-electron chi connectivity index (χ0n) is 17.5. The van der Waals surface area contributed by atoms with Gasteiger partial charge in [-0.25, -0.2) is 9.67 Å². The van der Waals surface area contributed by atoms with E-state index in [1.165, 1.54) is 11.1 Å². The molecule has 5 nitrogen and oxygen atoms in total. The molecule has 3 aromatic carbocycles. The lowest BCUT2D eigenvalue weighted by atomic mass is 9.88. The summed E-state index contributed by atoms with van der Waals surface area (Å²) in [5, 5.41) is 7.78. The number of benzene rings is 3. The lowest BCUT2D eigenvalue weighted by molar-refractivity contribution is 0.0922. The maximum Gasteiger partial charge on any atom is 0.291 e. The van der Waals surface area contributed by atoms with Gasteiger partial charge in [0.25, 0.3) is 5.91 Å². The summed E-state index contributed by atoms with van der Waals surface area (Å²) in [6.07, 6.45) is 3.04. The average Bonchev–Trinajstić information content (AvgIpc) is 3.26. The number of hydrogen-bond donors (Lipinski definition) is 1. The Labute approximate surface area is 181 Å². The van der Waals surface area contributed by atoms with Crippen molar-refractivity contribution in [3.63, 3.8) is 0 Å². The molecule has 5 heteroatoms. The van der Waals surface area contributed by atoms with Gasteiger partial charge in [-0.3, -0.25) is 4.79 Å². The van der Waals surface area contributed by atoms with Crippen molar-refractivity contribution >= 4 is 5.91 Å². The summed E-state index contributed by atoms with van der Waals surface area (Å²) in [7, 11) is 0. The molecule has 0 fully saturated rings. The Bertz CT molecular complexity index is 1230. The molecule has 1 aliphatic rings. The predicted octanol–water partition coefficient (Wildman–Crippen LogP) is 5.05. The lowest BCUT2D eigenvalue weighted by Crippen LogP contribution is -2.31. The first-order valence-electron chi connectivity index (χ1n) is 10.7. The molecule has 1 aromatic heterocycles. The number of amides is 1. The molecule has 1 N–H and O–H groups in total. The second kappa shape index (κ2) is 8.19. The maximum absolute atomic E-state index is 13.2. The van der Waals surface area contributed by atoms with Crippen LogP contribution in [0.15, 0.2) is 78.9 Å². The van der Waals surface area contributed by atoms with Crippen molar-refractivity contribution in [3.8, 4) is 17.1 Å². The van der Waals surface area contributed by atoms with Gasteiger partial charge in [0.1, 0.15) is 0 Å². The monoisotopic (exact) mass is 408 g/mol. The lowest BCUT2D eigenvalue weighted by Gasteiger charge is -2.25. The van der Waals surface area contributed by atoms with E-state index in [2.05, 4.69) is 33.6 Å². The van der Waals surface area contributed by atoms with E-state index in [9.17, 15) is 4.79 Å². The van der Waals surface area contributed by atoms with Gasteiger partial charge in [-0.15, -0.1) is 5.10 Å². The highest BCUT2D eigenvalue weighted by Crippen LogP contribution is 2.30. The number of carbonyl (C=O) groups excluding carboxylic acids is 1. The van der Waals surface area contributed by atoms with Crippen molar-refractivity contribution < 1.29 is 4.79 Å². The third kappa shape index (κ3) is 3.87. The minimum absolute atomic E-state index is 0.0106. The largest absolute Gasteiger partial charge is 0.342 e. The molecule has 0 spiro atoms. The molecule has 0 radical (unpaired) electrons. The van der Waals surface area contributed by atoms with Crippen molar-refractivity contribution in [2.45, 2.75) is 32.2 Å². The zero-order chi connectivity index (χ0) is 21.2. The van der Waals surface area contributed by atoms with Crippen molar-refractivity contribution in [3.05, 3.63) is 101 Å². The second-order valence-electron chi connectivity index (χ2n) is 7.99. The van der Waals surface area contributed by atoms with E-state index in [0.717, 1.165) is 36.1 Å². The maximum atomic E-state index is 13.2. The minimum Gasteiger partial charge on any atom is -0.342 e. The average molecular weight is 409 g/mol. The summed E-state index contributed by atoms with van der Waals surface area (Å²) in [6, 6.07) is 26.2. The molecule has 0 unspecified atom stereocenters. The van der Waals surface area contributed by atoms with E-state index >= 15 is 0 Å². The molecule has 0 aliphatic heterocycles. The highest BCUT2D eigenvalue weighted by Gasteiger charge is 2.25. The van der Waals surface area contributed by atoms with Gasteiger partial charge in [-0.1, -0.05) is 66.7 Å². The van der Waals surface area contributed by atoms with Crippen LogP contribution in [0.25, 0.3) is 17.1 Å². The number of carbonyl (C=O) groups is 1. The fourth-order valence-corrected chi connectivity index (χ4v) is 4.25. The fraction of sp³-hybridized carbons (Fsp3) is 0.192. The second-order valence-corrected chi connectivity index (χ2v) is 7.99. The quantitative estimate of drug-likeness (QED) is 0.514. The zero-order valence-corrected chi connectivity index (χ0v) is 17.5. The standard InChI is InChI=1S/C26H24N4O/c1-18-9-7-14-21(17-18)30-25(20-11-3-2-4-12-20)28-24(29-30)26(31)27-23-16-8-13-19-10-5-6-15-22(19)23/h2-7,9-12,14-15,17,23H,8,13,16H2,1H3,(H,27,31)/t23-/m0/s1. The molecule has 1 atom stereocenters. The van der Waals surface area contributed by atoms with Gasteiger partial charge in [0, 0.05) is 5.56 Å². The van der Waals surface area contributed by atoms with Crippen LogP contribution in [-0.4, -0.2) is 20.7 Å². The predicted molar refractivity (Wildman–Crippen MR) is 121 cm³/mol. The third-order valence-corrected chi connectivity index (χ3v) is 5.76. The summed E-state index contributed by atoms with van der Waals surface area (Å²) < 4.78 is 1.76. The number of fused-ring (bicyclic) bond motifs is 1. The van der Waals surface area contributed by atoms with Gasteiger partial charge in [-0.2, -0.15) is 0 Å². The number of nitrogens with zero attached hydrogens (tertiary/aromatic N) is 3. The molecular formula is C26H24N4O. The Hall–Kier alpha value is -3.73. The van der Waals surface area contributed by atoms with Crippen molar-refractivity contribution in [2.24, 2.45) is 0 Å². The molecule has 154 valence electrons. The summed E-state index contributed by atoms with van der Waals surface area (Å²) in [4.78, 5) is 17.8. The number of rotatable bonds is 4. The molecule has 1 amide bonds. The Morgan fingerprint density at radius 1 is 1.00 bits per heavy atom. The number of hydrogen-bond acceptors (Lipinski definition) is 3. The van der Waals surface area contributed by atoms with E-state index in [1.54, 1.807) is 4.68 Å². The summed E-state index contributed by atoms with van der Waals surface area (Å²) in [5.74, 6) is 0.592. The van der Waals surface area contributed by atoms with Crippen LogP contribution in [0.5, 0.6) is 0 Å². The Balaban J connectivity index is 1.51. The molecule has 0 saturated carbocycles. The van der Waals surface area contributed by atoms with Crippen LogP contribution in [0.3, 0.4) is 0 Å². The van der Waals surface area contributed by atoms with Crippen LogP contribution in [0.4, 0.5) is 0 Å². The Morgan fingerprint density at radius 3 is 2.65 bits per heavy atom. The number of nitrogens with one attached hydrogen (secondary N) is 1. The minimum atomic E-state index is -0.245. The van der Waals surface area contributed by atoms with Crippen molar-refractivity contribution in [1.82, 2.24) is 20.1 Å². The first-order chi connectivity index (χ1) is 15.2. The number of aryl methyl sites for hydroxylation is 2. The normalized spacial score (nSPS) is 15.3. The molecule has 31 heavy (non-hydrogen) atoms. The van der Waals surface area contributed by atoms with Crippen molar-refractivity contribution in [2.75, 3.05) is 0 Å². The highest BCUT2D eigenvalue weighted by molar-refractivity contribution is 5.91. The summed E-state index contributed by atoms with van der Waals surface area (Å²) in [6.45, 7) is 2.04. The van der Waals surface area contributed by atoms with Gasteiger partial charge in [0.05, 0.1) is 11.7 Å². The molecule has 4 aromatic rings. The van der Waals surface area contributed by atoms with Gasteiger partial charge >= 0.3 is 0 Å². The van der Waals surface area contributed by atoms with Gasteiger partial charge in [-0.05, 0) is 55.0 Å². The van der Waals surface area contributed by atoms with E-state index in [4.69, 9.17) is 0 Å². The Morgan fingerprint density at radius 2 is 1.81 bits per heavy atom. The third-order valence-electron chi connectivity index (χ3n) is 5.76. The van der Waals surface area contributed by atoms with Crippen LogP contribution in [0.1, 0.15) is 46.2 Å². The molecule has 1 aliphatic carbocycles. The van der Waals surface area contributed by atoms with Crippen LogP contribution < -0.4 is 5.32 Å². The molecule has 1 heterocycles. The highest BCUT2D eigenvalue weighted by atomic mass is 16.2. The fourth-order valence-electron chi connectivity index (χ4n) is 4.25. The molecule has 5 rings (SSSR count). The van der Waals surface area contributed by atoms with Crippen LogP contribution in [-0.2, 0) is 6.42 Å². The SMILES string of the molecule is Cc1cccc(-n2nc(C(=O)N[C@H]3CCCc4ccccc43)nc2-c2ccccc2)c1. The van der Waals surface area contributed by atoms with Gasteiger partial charge < -0.3 is 5.32 Å². The Kier molecular flexibility index (Phi) is 5.08. The summed E-state index contributed by atoms with van der Waals surface area (Å²) in [5.41, 5.74) is 5.43. The van der Waals surface area contributed by atoms with Crippen molar-refractivity contribution in [1.29, 1.82) is 0 Å². The molecular weight excluding hydrogens is 384 g/mol. The van der Waals surface area contributed by atoms with Crippen LogP contribution >= 0.6 is 0 Å². The van der Waals surface area contributed by atoms with Gasteiger partial charge in [0.15, 0.2) is 5.82 Å². The first-order valence-corrected chi connectivity index (χ1v) is 10.7. The topological polar surface area (TPSA) is 59.8 Å².